The van der Waals surface area contributed by atoms with Crippen LogP contribution in [0.2, 0.25) is 10.0 Å². The molecule has 3 aromatic carbocycles. The number of nitrogens with one attached hydrogen (secondary N) is 1. The van der Waals surface area contributed by atoms with Crippen molar-refractivity contribution in [3.8, 4) is 22.5 Å². The summed E-state index contributed by atoms with van der Waals surface area (Å²) < 4.78 is 30.0. The molecule has 0 atom stereocenters. The molecule has 3 amide bonds. The van der Waals surface area contributed by atoms with Gasteiger partial charge in [0.15, 0.2) is 11.6 Å². The first-order valence-corrected chi connectivity index (χ1v) is 16.0. The number of hydrogen-bond acceptors (Lipinski definition) is 6. The third kappa shape index (κ3) is 7.19. The lowest BCUT2D eigenvalue weighted by Crippen LogP contribution is -2.40. The van der Waals surface area contributed by atoms with E-state index in [9.17, 15) is 23.2 Å². The highest BCUT2D eigenvalue weighted by Crippen LogP contribution is 2.31. The molecule has 5 aromatic rings. The lowest BCUT2D eigenvalue weighted by molar-refractivity contribution is -0.132. The standard InChI is InChI=1S/C21H17ClF2N4O2.C13H13ClN4O/c22-14-3-1-2-13(10-14)20-19(21(25)30)17-11-27(6-7-28(17)26-20)18(29)9-12-4-5-15(23)16(24)8-12;14-9-3-1-2-8(6-9)12-11(13(15)19)10-7-16-4-5-18(10)17-12/h1-5,8,10H,6-7,9,11H2,(H2,25,30);1-3,6,16H,4-5,7H2,(H2,15,19). The fourth-order valence-corrected chi connectivity index (χ4v) is 6.29. The van der Waals surface area contributed by atoms with Crippen LogP contribution in [0.3, 0.4) is 0 Å². The van der Waals surface area contributed by atoms with Gasteiger partial charge in [0.25, 0.3) is 11.8 Å². The number of nitrogens with two attached hydrogens (primary N) is 2. The lowest BCUT2D eigenvalue weighted by Gasteiger charge is -2.28. The zero-order chi connectivity index (χ0) is 34.8. The van der Waals surface area contributed by atoms with E-state index in [-0.39, 0.29) is 24.4 Å². The molecule has 5 N–H and O–H groups in total. The monoisotopic (exact) mass is 706 g/mol. The van der Waals surface area contributed by atoms with Crippen LogP contribution in [0.1, 0.15) is 37.7 Å². The zero-order valence-corrected chi connectivity index (χ0v) is 27.4. The lowest BCUT2D eigenvalue weighted by atomic mass is 10.0. The highest BCUT2D eigenvalue weighted by atomic mass is 35.5. The van der Waals surface area contributed by atoms with Gasteiger partial charge in [0.1, 0.15) is 11.4 Å². The van der Waals surface area contributed by atoms with E-state index in [4.69, 9.17) is 34.7 Å². The fourth-order valence-electron chi connectivity index (χ4n) is 5.91. The second kappa shape index (κ2) is 14.2. The largest absolute Gasteiger partial charge is 0.365 e. The fraction of sp³-hybridized carbons (Fsp3) is 0.206. The predicted octanol–water partition coefficient (Wildman–Crippen LogP) is 4.57. The number of hydrogen-bond donors (Lipinski definition) is 3. The molecular weight excluding hydrogens is 677 g/mol. The Morgan fingerprint density at radius 3 is 1.92 bits per heavy atom. The van der Waals surface area contributed by atoms with Crippen molar-refractivity contribution >= 4 is 40.9 Å². The van der Waals surface area contributed by atoms with Crippen molar-refractivity contribution in [2.75, 3.05) is 13.1 Å². The SMILES string of the molecule is NC(=O)c1c(-c2cccc(Cl)c2)nn2c1CN(C(=O)Cc1ccc(F)c(F)c1)CC2.NC(=O)c1c(-c2cccc(Cl)c2)nn2c1CNCC2. The van der Waals surface area contributed by atoms with E-state index in [0.29, 0.717) is 63.5 Å². The molecule has 7 rings (SSSR count). The number of carbonyl (C=O) groups is 3. The molecule has 2 aliphatic rings. The van der Waals surface area contributed by atoms with Gasteiger partial charge in [-0.15, -0.1) is 0 Å². The summed E-state index contributed by atoms with van der Waals surface area (Å²) in [6, 6.07) is 17.6. The molecule has 0 saturated carbocycles. The molecule has 0 saturated heterocycles. The van der Waals surface area contributed by atoms with E-state index in [0.717, 1.165) is 36.5 Å². The number of carbonyl (C=O) groups excluding carboxylic acids is 3. The van der Waals surface area contributed by atoms with Crippen molar-refractivity contribution in [1.29, 1.82) is 0 Å². The van der Waals surface area contributed by atoms with E-state index < -0.39 is 23.4 Å². The van der Waals surface area contributed by atoms with Crippen molar-refractivity contribution in [2.24, 2.45) is 11.5 Å². The minimum atomic E-state index is -1.00. The number of aromatic nitrogens is 4. The van der Waals surface area contributed by atoms with Crippen molar-refractivity contribution in [3.63, 3.8) is 0 Å². The highest BCUT2D eigenvalue weighted by Gasteiger charge is 2.30. The number of rotatable bonds is 6. The first-order valence-electron chi connectivity index (χ1n) is 15.2. The van der Waals surface area contributed by atoms with Crippen molar-refractivity contribution < 1.29 is 23.2 Å². The summed E-state index contributed by atoms with van der Waals surface area (Å²) in [7, 11) is 0. The maximum absolute atomic E-state index is 13.4. The van der Waals surface area contributed by atoms with Crippen LogP contribution in [0.5, 0.6) is 0 Å². The van der Waals surface area contributed by atoms with Crippen molar-refractivity contribution in [3.05, 3.63) is 116 Å². The first-order chi connectivity index (χ1) is 23.5. The quantitative estimate of drug-likeness (QED) is 0.235. The third-order valence-corrected chi connectivity index (χ3v) is 8.68. The Balaban J connectivity index is 0.000000188. The van der Waals surface area contributed by atoms with E-state index in [1.807, 2.05) is 16.8 Å². The summed E-state index contributed by atoms with van der Waals surface area (Å²) in [5, 5.41) is 13.3. The molecule has 0 fully saturated rings. The Bertz CT molecular complexity index is 2100. The molecule has 15 heteroatoms. The Hall–Kier alpha value is -5.11. The Morgan fingerprint density at radius 1 is 0.755 bits per heavy atom. The van der Waals surface area contributed by atoms with Gasteiger partial charge in [-0.3, -0.25) is 23.7 Å². The van der Waals surface area contributed by atoms with Gasteiger partial charge in [-0.1, -0.05) is 53.5 Å². The molecule has 11 nitrogen and oxygen atoms in total. The predicted molar refractivity (Wildman–Crippen MR) is 180 cm³/mol. The molecule has 0 unspecified atom stereocenters. The first kappa shape index (κ1) is 33.8. The normalized spacial score (nSPS) is 13.6. The minimum Gasteiger partial charge on any atom is -0.365 e. The van der Waals surface area contributed by atoms with Gasteiger partial charge in [0.05, 0.1) is 48.6 Å². The summed E-state index contributed by atoms with van der Waals surface area (Å²) in [5.74, 6) is -3.35. The van der Waals surface area contributed by atoms with E-state index in [1.54, 1.807) is 46.0 Å². The third-order valence-electron chi connectivity index (χ3n) is 8.21. The van der Waals surface area contributed by atoms with Gasteiger partial charge in [0.2, 0.25) is 5.91 Å². The number of benzene rings is 3. The molecule has 49 heavy (non-hydrogen) atoms. The zero-order valence-electron chi connectivity index (χ0n) is 25.9. The number of fused-ring (bicyclic) bond motifs is 2. The number of nitrogens with zero attached hydrogens (tertiary/aromatic N) is 5. The molecule has 252 valence electrons. The summed E-state index contributed by atoms with van der Waals surface area (Å²) in [6.07, 6.45) is -0.0849. The topological polar surface area (TPSA) is 154 Å². The Kier molecular flexibility index (Phi) is 9.77. The maximum Gasteiger partial charge on any atom is 0.252 e. The van der Waals surface area contributed by atoms with Crippen LogP contribution >= 0.6 is 23.2 Å². The molecule has 0 aliphatic carbocycles. The summed E-state index contributed by atoms with van der Waals surface area (Å²) in [4.78, 5) is 38.2. The van der Waals surface area contributed by atoms with Gasteiger partial charge in [-0.2, -0.15) is 10.2 Å². The van der Waals surface area contributed by atoms with Crippen LogP contribution in [0, 0.1) is 11.6 Å². The van der Waals surface area contributed by atoms with Gasteiger partial charge < -0.3 is 21.7 Å². The number of primary amides is 2. The minimum absolute atomic E-state index is 0.0849. The smallest absolute Gasteiger partial charge is 0.252 e. The summed E-state index contributed by atoms with van der Waals surface area (Å²) in [5.41, 5.74) is 16.1. The number of amides is 3. The Labute approximate surface area is 289 Å². The van der Waals surface area contributed by atoms with Gasteiger partial charge in [-0.25, -0.2) is 8.78 Å². The molecule has 4 heterocycles. The second-order valence-corrected chi connectivity index (χ2v) is 12.3. The van der Waals surface area contributed by atoms with Crippen LogP contribution in [-0.2, 0) is 37.4 Å². The van der Waals surface area contributed by atoms with Gasteiger partial charge in [0, 0.05) is 40.8 Å². The van der Waals surface area contributed by atoms with E-state index in [1.165, 1.54) is 6.07 Å². The summed E-state index contributed by atoms with van der Waals surface area (Å²) in [6.45, 7) is 3.04. The second-order valence-electron chi connectivity index (χ2n) is 11.5. The molecule has 0 bridgehead atoms. The van der Waals surface area contributed by atoms with E-state index >= 15 is 0 Å². The average molecular weight is 708 g/mol. The Morgan fingerprint density at radius 2 is 1.35 bits per heavy atom. The molecule has 0 radical (unpaired) electrons. The van der Waals surface area contributed by atoms with Crippen LogP contribution in [0.25, 0.3) is 22.5 Å². The van der Waals surface area contributed by atoms with Crippen LogP contribution in [0.4, 0.5) is 8.78 Å². The van der Waals surface area contributed by atoms with Crippen LogP contribution in [0.15, 0.2) is 66.7 Å². The highest BCUT2D eigenvalue weighted by molar-refractivity contribution is 6.31. The van der Waals surface area contributed by atoms with Gasteiger partial charge in [-0.05, 0) is 42.0 Å². The van der Waals surface area contributed by atoms with Crippen molar-refractivity contribution in [1.82, 2.24) is 29.8 Å². The molecule has 2 aliphatic heterocycles. The van der Waals surface area contributed by atoms with Crippen LogP contribution in [-0.4, -0.2) is 55.3 Å². The average Bonchev–Trinajstić information content (AvgIpc) is 3.66. The summed E-state index contributed by atoms with van der Waals surface area (Å²) >= 11 is 12.1. The number of halogens is 4. The van der Waals surface area contributed by atoms with Crippen LogP contribution < -0.4 is 16.8 Å². The molecular formula is C34H30Cl2F2N8O3. The van der Waals surface area contributed by atoms with Crippen molar-refractivity contribution in [2.45, 2.75) is 32.6 Å². The molecule has 2 aromatic heterocycles. The van der Waals surface area contributed by atoms with Gasteiger partial charge >= 0.3 is 0 Å². The maximum atomic E-state index is 13.4. The molecule has 0 spiro atoms. The van der Waals surface area contributed by atoms with E-state index in [2.05, 4.69) is 15.5 Å².